The lowest BCUT2D eigenvalue weighted by atomic mass is 9.43. The van der Waals surface area contributed by atoms with Crippen LogP contribution in [0.1, 0.15) is 76.4 Å². The second-order valence-electron chi connectivity index (χ2n) is 18.3. The van der Waals surface area contributed by atoms with Gasteiger partial charge in [0.25, 0.3) is 0 Å². The summed E-state index contributed by atoms with van der Waals surface area (Å²) in [4.78, 5) is 76.9. The zero-order valence-electron chi connectivity index (χ0n) is 36.7. The number of hydrogen-bond donors (Lipinski definition) is 6. The van der Waals surface area contributed by atoms with Gasteiger partial charge in [-0.2, -0.15) is 0 Å². The predicted molar refractivity (Wildman–Crippen MR) is 231 cm³/mol. The van der Waals surface area contributed by atoms with Crippen LogP contribution in [-0.2, 0) is 44.7 Å². The number of nitrogens with zero attached hydrogens (tertiary/aromatic N) is 1. The standard InChI is InChI=1S/C48H56F2N4O11/c1-26(51-39(59)15-18-54-40(60)12-13-41(54)61)43(62)52-27(2)44(63)53-31-7-5-6-29(21-31)20-28-8-10-30(11-9-28)45-64-19-16-33-34-23-36(49)35-22-32(56)14-17-47(35,4)48(34,50)38(58)24-46(33,3)42(65-45)37(57)25-55/h5-14,17,21-22,26-27,33-34,36,38,40,42,45,55,58,60H,15-16,18-20,23-25H2,1-4H3,(H,51,59)(H,52,62)(H,53,63)/t26-,27-,33-,34?,36-,38?,40?,42-,45?,46?,47?,48-/m0/s1. The Balaban J connectivity index is 0.965. The average Bonchev–Trinajstić information content (AvgIpc) is 3.59. The van der Waals surface area contributed by atoms with Crippen molar-refractivity contribution < 1.29 is 62.3 Å². The quantitative estimate of drug-likeness (QED) is 0.171. The van der Waals surface area contributed by atoms with Crippen molar-refractivity contribution >= 4 is 40.9 Å². The molecule has 2 aliphatic heterocycles. The van der Waals surface area contributed by atoms with E-state index in [2.05, 4.69) is 16.0 Å². The molecule has 12 atom stereocenters. The van der Waals surface area contributed by atoms with Crippen LogP contribution < -0.4 is 16.0 Å². The molecule has 0 bridgehead atoms. The van der Waals surface area contributed by atoms with Gasteiger partial charge in [0.2, 0.25) is 23.6 Å². The van der Waals surface area contributed by atoms with Crippen LogP contribution in [0.3, 0.4) is 0 Å². The first-order valence-electron chi connectivity index (χ1n) is 21.9. The molecule has 0 aromatic heterocycles. The van der Waals surface area contributed by atoms with Crippen LogP contribution in [0, 0.1) is 22.7 Å². The van der Waals surface area contributed by atoms with Gasteiger partial charge in [0.15, 0.2) is 23.5 Å². The fraction of sp³-hybridized carbons (Fsp3) is 0.500. The van der Waals surface area contributed by atoms with E-state index in [1.807, 2.05) is 18.2 Å². The van der Waals surface area contributed by atoms with Crippen molar-refractivity contribution in [3.8, 4) is 0 Å². The van der Waals surface area contributed by atoms with E-state index >= 15 is 8.78 Å². The molecule has 6 unspecified atom stereocenters. The Kier molecular flexibility index (Phi) is 13.7. The van der Waals surface area contributed by atoms with E-state index in [-0.39, 0.29) is 44.4 Å². The van der Waals surface area contributed by atoms with E-state index in [4.69, 9.17) is 9.47 Å². The fourth-order valence-corrected chi connectivity index (χ4v) is 10.5. The molecule has 1 saturated heterocycles. The normalized spacial score (nSPS) is 32.7. The third-order valence-corrected chi connectivity index (χ3v) is 14.0. The van der Waals surface area contributed by atoms with Crippen molar-refractivity contribution in [3.63, 3.8) is 0 Å². The highest BCUT2D eigenvalue weighted by Gasteiger charge is 2.71. The minimum atomic E-state index is -2.36. The lowest BCUT2D eigenvalue weighted by Crippen LogP contribution is -2.70. The van der Waals surface area contributed by atoms with Crippen LogP contribution in [0.4, 0.5) is 14.5 Å². The van der Waals surface area contributed by atoms with Crippen LogP contribution >= 0.6 is 0 Å². The third kappa shape index (κ3) is 9.21. The van der Waals surface area contributed by atoms with Crippen molar-refractivity contribution in [2.45, 2.75) is 108 Å². The summed E-state index contributed by atoms with van der Waals surface area (Å²) in [5, 5.41) is 39.6. The van der Waals surface area contributed by atoms with E-state index in [0.29, 0.717) is 17.7 Å². The first-order valence-corrected chi connectivity index (χ1v) is 21.9. The number of nitrogens with one attached hydrogen (secondary N) is 3. The Labute approximate surface area is 375 Å². The van der Waals surface area contributed by atoms with Crippen LogP contribution in [0.25, 0.3) is 0 Å². The Morgan fingerprint density at radius 3 is 2.37 bits per heavy atom. The van der Waals surface area contributed by atoms with Gasteiger partial charge in [-0.3, -0.25) is 28.8 Å². The van der Waals surface area contributed by atoms with E-state index < -0.39 is 113 Å². The number of allylic oxidation sites excluding steroid dienone is 4. The van der Waals surface area contributed by atoms with Gasteiger partial charge in [-0.25, -0.2) is 8.78 Å². The molecule has 4 amide bonds. The van der Waals surface area contributed by atoms with Crippen LogP contribution in [0.15, 0.2) is 84.5 Å². The molecule has 7 rings (SSSR count). The molecular formula is C48H56F2N4O11. The minimum absolute atomic E-state index is 0.00668. The van der Waals surface area contributed by atoms with Gasteiger partial charge in [-0.1, -0.05) is 49.4 Å². The molecule has 17 heteroatoms. The number of alkyl halides is 2. The summed E-state index contributed by atoms with van der Waals surface area (Å²) >= 11 is 0. The highest BCUT2D eigenvalue weighted by molar-refractivity contribution is 6.01. The third-order valence-electron chi connectivity index (χ3n) is 14.0. The Hall–Kier alpha value is -5.46. The van der Waals surface area contributed by atoms with E-state index in [9.17, 15) is 44.1 Å². The number of rotatable bonds is 13. The maximum atomic E-state index is 17.7. The second-order valence-corrected chi connectivity index (χ2v) is 18.3. The molecular weight excluding hydrogens is 847 g/mol. The smallest absolute Gasteiger partial charge is 0.248 e. The van der Waals surface area contributed by atoms with Gasteiger partial charge < -0.3 is 45.6 Å². The molecule has 2 aromatic rings. The topological polar surface area (TPSA) is 221 Å². The second kappa shape index (κ2) is 18.8. The monoisotopic (exact) mass is 902 g/mol. The summed E-state index contributed by atoms with van der Waals surface area (Å²) in [6, 6.07) is 12.4. The van der Waals surface area contributed by atoms with Gasteiger partial charge >= 0.3 is 0 Å². The number of carbonyl (C=O) groups is 6. The van der Waals surface area contributed by atoms with E-state index in [0.717, 1.165) is 22.1 Å². The molecule has 6 N–H and O–H groups in total. The average molecular weight is 903 g/mol. The number of anilines is 1. The van der Waals surface area contributed by atoms with E-state index in [1.54, 1.807) is 37.3 Å². The van der Waals surface area contributed by atoms with Crippen molar-refractivity contribution in [1.82, 2.24) is 15.5 Å². The summed E-state index contributed by atoms with van der Waals surface area (Å²) in [6.45, 7) is 5.32. The van der Waals surface area contributed by atoms with Crippen molar-refractivity contribution in [1.29, 1.82) is 0 Å². The zero-order valence-corrected chi connectivity index (χ0v) is 36.7. The van der Waals surface area contributed by atoms with Crippen molar-refractivity contribution in [2.24, 2.45) is 22.7 Å². The van der Waals surface area contributed by atoms with Crippen LogP contribution in [-0.4, -0.2) is 118 Å². The molecule has 5 aliphatic rings. The number of aliphatic hydroxyl groups excluding tert-OH is 3. The molecule has 3 fully saturated rings. The molecule has 3 aliphatic carbocycles. The molecule has 0 radical (unpaired) electrons. The lowest BCUT2D eigenvalue weighted by molar-refractivity contribution is -0.271. The zero-order chi connectivity index (χ0) is 47.0. The number of halogens is 2. The summed E-state index contributed by atoms with van der Waals surface area (Å²) in [5.74, 6) is -4.93. The van der Waals surface area contributed by atoms with Gasteiger partial charge in [0.1, 0.15) is 37.2 Å². The highest BCUT2D eigenvalue weighted by atomic mass is 19.1. The van der Waals surface area contributed by atoms with Gasteiger partial charge in [-0.05, 0) is 99.4 Å². The maximum Gasteiger partial charge on any atom is 0.248 e. The SMILES string of the molecule is C[C@H](NC(=O)CCN1C(=O)C=CC1O)C(=O)N[C@@H](C)C(=O)Nc1cccc(Cc2ccc(C3OCC[C@H]4C5C[C@H](F)C6=CC(=O)C=CC6(C)[C@@]5(F)C(O)CC4(C)[C@H](C(=O)CO)O3)cc2)c1. The van der Waals surface area contributed by atoms with Crippen LogP contribution in [0.5, 0.6) is 0 Å². The molecule has 2 aromatic carbocycles. The number of ketones is 2. The Morgan fingerprint density at radius 1 is 0.954 bits per heavy atom. The minimum Gasteiger partial charge on any atom is -0.390 e. The fourth-order valence-electron chi connectivity index (χ4n) is 10.5. The van der Waals surface area contributed by atoms with Gasteiger partial charge in [0.05, 0.1) is 12.7 Å². The number of ether oxygens (including phenoxy) is 2. The molecule has 2 saturated carbocycles. The molecule has 348 valence electrons. The largest absolute Gasteiger partial charge is 0.390 e. The number of hydrogen-bond acceptors (Lipinski definition) is 11. The molecule has 65 heavy (non-hydrogen) atoms. The van der Waals surface area contributed by atoms with Gasteiger partial charge in [-0.15, -0.1) is 0 Å². The Morgan fingerprint density at radius 2 is 1.68 bits per heavy atom. The lowest BCUT2D eigenvalue weighted by Gasteiger charge is -2.64. The molecule has 2 heterocycles. The molecule has 15 nitrogen and oxygen atoms in total. The van der Waals surface area contributed by atoms with Crippen molar-refractivity contribution in [3.05, 3.63) is 101 Å². The number of benzene rings is 2. The summed E-state index contributed by atoms with van der Waals surface area (Å²) in [7, 11) is 0. The maximum absolute atomic E-state index is 17.7. The molecule has 0 spiro atoms. The number of fused-ring (bicyclic) bond motifs is 5. The van der Waals surface area contributed by atoms with E-state index in [1.165, 1.54) is 45.1 Å². The summed E-state index contributed by atoms with van der Waals surface area (Å²) in [6.07, 6.45) is -0.649. The number of aliphatic hydroxyl groups is 3. The Bertz CT molecular complexity index is 2300. The predicted octanol–water partition coefficient (Wildman–Crippen LogP) is 3.22. The summed E-state index contributed by atoms with van der Waals surface area (Å²) in [5.41, 5.74) is -2.44. The number of Topliss-reactive ketones (excluding diaryl/α,β-unsaturated/α-hetero) is 1. The number of carbonyl (C=O) groups excluding carboxylic acids is 6. The first kappa shape index (κ1) is 47.5. The highest BCUT2D eigenvalue weighted by Crippen LogP contribution is 2.66. The number of amides is 4. The van der Waals surface area contributed by atoms with Crippen LogP contribution in [0.2, 0.25) is 0 Å². The van der Waals surface area contributed by atoms with Gasteiger partial charge in [0, 0.05) is 47.0 Å². The first-order chi connectivity index (χ1) is 30.8. The summed E-state index contributed by atoms with van der Waals surface area (Å²) < 4.78 is 46.3. The van der Waals surface area contributed by atoms with Crippen molar-refractivity contribution in [2.75, 3.05) is 25.1 Å².